The molecule has 0 unspecified atom stereocenters. The lowest BCUT2D eigenvalue weighted by Gasteiger charge is -2.30. The molecular formula is C25H20ClFN2O. The van der Waals surface area contributed by atoms with E-state index in [-0.39, 0.29) is 17.5 Å². The Morgan fingerprint density at radius 3 is 2.40 bits per heavy atom. The molecule has 3 nitrogen and oxygen atoms in total. The van der Waals surface area contributed by atoms with Crippen LogP contribution in [0.5, 0.6) is 0 Å². The second kappa shape index (κ2) is 7.62. The van der Waals surface area contributed by atoms with E-state index in [1.54, 1.807) is 6.07 Å². The van der Waals surface area contributed by atoms with Crippen molar-refractivity contribution >= 4 is 28.8 Å². The molecule has 5 heteroatoms. The summed E-state index contributed by atoms with van der Waals surface area (Å²) in [5.41, 5.74) is 5.19. The van der Waals surface area contributed by atoms with Crippen LogP contribution >= 0.6 is 11.6 Å². The van der Waals surface area contributed by atoms with Gasteiger partial charge in [-0.05, 0) is 59.9 Å². The second-order valence-electron chi connectivity index (χ2n) is 7.78. The van der Waals surface area contributed by atoms with Crippen LogP contribution in [0.3, 0.4) is 0 Å². The summed E-state index contributed by atoms with van der Waals surface area (Å²) < 4.78 is 14.0. The van der Waals surface area contributed by atoms with E-state index >= 15 is 0 Å². The smallest absolute Gasteiger partial charge is 0.163 e. The van der Waals surface area contributed by atoms with E-state index in [0.717, 1.165) is 28.2 Å². The van der Waals surface area contributed by atoms with Crippen molar-refractivity contribution in [1.29, 1.82) is 0 Å². The average Bonchev–Trinajstić information content (AvgIpc) is 2.91. The van der Waals surface area contributed by atoms with E-state index in [1.807, 2.05) is 54.6 Å². The molecule has 0 saturated heterocycles. The van der Waals surface area contributed by atoms with E-state index in [4.69, 9.17) is 11.6 Å². The number of hydrogen-bond acceptors (Lipinski definition) is 3. The van der Waals surface area contributed by atoms with Crippen molar-refractivity contribution in [3.63, 3.8) is 0 Å². The first-order chi connectivity index (χ1) is 14.6. The van der Waals surface area contributed by atoms with Gasteiger partial charge >= 0.3 is 0 Å². The van der Waals surface area contributed by atoms with Gasteiger partial charge in [-0.25, -0.2) is 4.39 Å². The van der Waals surface area contributed by atoms with Gasteiger partial charge in [0.05, 0.1) is 17.4 Å². The van der Waals surface area contributed by atoms with Crippen molar-refractivity contribution in [1.82, 2.24) is 0 Å². The number of para-hydroxylation sites is 2. The lowest BCUT2D eigenvalue weighted by atomic mass is 9.78. The van der Waals surface area contributed by atoms with Gasteiger partial charge in [-0.15, -0.1) is 0 Å². The van der Waals surface area contributed by atoms with Crippen molar-refractivity contribution in [3.05, 3.63) is 106 Å². The molecule has 0 aromatic heterocycles. The molecule has 2 atom stereocenters. The number of halogens is 2. The van der Waals surface area contributed by atoms with Crippen LogP contribution in [0.2, 0.25) is 5.02 Å². The van der Waals surface area contributed by atoms with Crippen LogP contribution in [0.1, 0.15) is 35.9 Å². The number of ketones is 1. The number of nitrogens with one attached hydrogen (secondary N) is 2. The first-order valence-corrected chi connectivity index (χ1v) is 10.4. The molecule has 3 aromatic carbocycles. The van der Waals surface area contributed by atoms with E-state index in [1.165, 1.54) is 12.1 Å². The monoisotopic (exact) mass is 418 g/mol. The molecule has 0 bridgehead atoms. The highest BCUT2D eigenvalue weighted by molar-refractivity contribution is 6.30. The minimum Gasteiger partial charge on any atom is -0.372 e. The van der Waals surface area contributed by atoms with E-state index < -0.39 is 6.04 Å². The van der Waals surface area contributed by atoms with Crippen molar-refractivity contribution < 1.29 is 9.18 Å². The number of carbonyl (C=O) groups is 1. The third-order valence-electron chi connectivity index (χ3n) is 5.83. The highest BCUT2D eigenvalue weighted by atomic mass is 35.5. The summed E-state index contributed by atoms with van der Waals surface area (Å²) in [6, 6.07) is 21.6. The van der Waals surface area contributed by atoms with Gasteiger partial charge in [0.2, 0.25) is 0 Å². The number of hydrogen-bond donors (Lipinski definition) is 2. The number of allylic oxidation sites excluding steroid dienone is 1. The summed E-state index contributed by atoms with van der Waals surface area (Å²) in [4.78, 5) is 13.4. The number of benzene rings is 3. The molecular weight excluding hydrogens is 399 g/mol. The van der Waals surface area contributed by atoms with Crippen molar-refractivity contribution in [2.24, 2.45) is 0 Å². The molecule has 0 fully saturated rings. The van der Waals surface area contributed by atoms with E-state index in [9.17, 15) is 9.18 Å². The van der Waals surface area contributed by atoms with Crippen LogP contribution in [0.4, 0.5) is 15.8 Å². The first-order valence-electron chi connectivity index (χ1n) is 9.98. The molecule has 2 N–H and O–H groups in total. The number of anilines is 2. The molecule has 0 amide bonds. The highest BCUT2D eigenvalue weighted by Crippen LogP contribution is 2.44. The SMILES string of the molecule is O=C1C[C@@H](c2ccc(Cl)cc2)CC2=C1[C@@H](c1cccc(F)c1)Nc1ccccc1N2. The Kier molecular flexibility index (Phi) is 4.80. The molecule has 1 heterocycles. The number of fused-ring (bicyclic) bond motifs is 1. The van der Waals surface area contributed by atoms with Crippen LogP contribution in [0.15, 0.2) is 84.1 Å². The van der Waals surface area contributed by atoms with Gasteiger partial charge in [0.25, 0.3) is 0 Å². The second-order valence-corrected chi connectivity index (χ2v) is 8.21. The van der Waals surface area contributed by atoms with Gasteiger partial charge in [0.1, 0.15) is 5.82 Å². The molecule has 1 aliphatic heterocycles. The van der Waals surface area contributed by atoms with Crippen molar-refractivity contribution in [2.75, 3.05) is 10.6 Å². The Balaban J connectivity index is 1.61. The zero-order valence-electron chi connectivity index (χ0n) is 16.2. The lowest BCUT2D eigenvalue weighted by molar-refractivity contribution is -0.116. The molecule has 150 valence electrons. The van der Waals surface area contributed by atoms with E-state index in [0.29, 0.717) is 23.4 Å². The lowest BCUT2D eigenvalue weighted by Crippen LogP contribution is -2.26. The van der Waals surface area contributed by atoms with Gasteiger partial charge in [-0.2, -0.15) is 0 Å². The number of rotatable bonds is 2. The molecule has 0 saturated carbocycles. The zero-order valence-corrected chi connectivity index (χ0v) is 16.9. The van der Waals surface area contributed by atoms with E-state index in [2.05, 4.69) is 10.6 Å². The number of carbonyl (C=O) groups excluding carboxylic acids is 1. The quantitative estimate of drug-likeness (QED) is 0.501. The largest absolute Gasteiger partial charge is 0.372 e. The summed E-state index contributed by atoms with van der Waals surface area (Å²) in [6.45, 7) is 0. The molecule has 5 rings (SSSR count). The topological polar surface area (TPSA) is 41.1 Å². The third-order valence-corrected chi connectivity index (χ3v) is 6.08. The molecule has 0 spiro atoms. The standard InChI is InChI=1S/C25H20ClFN2O/c26-18-10-8-15(9-11-18)17-13-22-24(23(30)14-17)25(16-4-3-5-19(27)12-16)29-21-7-2-1-6-20(21)28-22/h1-12,17,25,28-29H,13-14H2/t17-,25+/m0/s1. The minimum absolute atomic E-state index is 0.0678. The van der Waals surface area contributed by atoms with Gasteiger partial charge in [0, 0.05) is 22.7 Å². The Morgan fingerprint density at radius 2 is 1.63 bits per heavy atom. The maximum Gasteiger partial charge on any atom is 0.163 e. The van der Waals surface area contributed by atoms with Crippen LogP contribution in [0, 0.1) is 5.82 Å². The summed E-state index contributed by atoms with van der Waals surface area (Å²) in [5.74, 6) is -0.179. The minimum atomic E-state index is -0.412. The van der Waals surface area contributed by atoms with Crippen molar-refractivity contribution in [2.45, 2.75) is 24.8 Å². The Morgan fingerprint density at radius 1 is 0.867 bits per heavy atom. The van der Waals surface area contributed by atoms with Gasteiger partial charge in [0.15, 0.2) is 5.78 Å². The summed E-state index contributed by atoms with van der Waals surface area (Å²) in [7, 11) is 0. The van der Waals surface area contributed by atoms with Gasteiger partial charge < -0.3 is 10.6 Å². The Labute approximate surface area is 179 Å². The fourth-order valence-corrected chi connectivity index (χ4v) is 4.53. The van der Waals surface area contributed by atoms with Crippen molar-refractivity contribution in [3.8, 4) is 0 Å². The third kappa shape index (κ3) is 3.48. The molecule has 1 aliphatic carbocycles. The predicted octanol–water partition coefficient (Wildman–Crippen LogP) is 6.46. The number of Topliss-reactive ketones (excluding diaryl/α,β-unsaturated/α-hetero) is 1. The maximum absolute atomic E-state index is 14.0. The molecule has 3 aromatic rings. The summed E-state index contributed by atoms with van der Waals surface area (Å²) in [6.07, 6.45) is 1.11. The Hall–Kier alpha value is -3.11. The summed E-state index contributed by atoms with van der Waals surface area (Å²) in [5, 5.41) is 7.64. The van der Waals surface area contributed by atoms with Crippen LogP contribution in [0.25, 0.3) is 0 Å². The predicted molar refractivity (Wildman–Crippen MR) is 118 cm³/mol. The molecule has 2 aliphatic rings. The van der Waals surface area contributed by atoms with Crippen LogP contribution < -0.4 is 10.6 Å². The molecule has 0 radical (unpaired) electrons. The Bertz CT molecular complexity index is 1160. The molecule has 30 heavy (non-hydrogen) atoms. The highest BCUT2D eigenvalue weighted by Gasteiger charge is 2.36. The maximum atomic E-state index is 14.0. The van der Waals surface area contributed by atoms with Gasteiger partial charge in [-0.1, -0.05) is 48.0 Å². The summed E-state index contributed by atoms with van der Waals surface area (Å²) >= 11 is 6.04. The van der Waals surface area contributed by atoms with Crippen LogP contribution in [-0.2, 0) is 4.79 Å². The fraction of sp³-hybridized carbons (Fsp3) is 0.160. The van der Waals surface area contributed by atoms with Gasteiger partial charge in [-0.3, -0.25) is 4.79 Å². The fourth-order valence-electron chi connectivity index (χ4n) is 4.40. The average molecular weight is 419 g/mol. The first kappa shape index (κ1) is 18.9. The zero-order chi connectivity index (χ0) is 20.7. The van der Waals surface area contributed by atoms with Crippen LogP contribution in [-0.4, -0.2) is 5.78 Å². The normalized spacial score (nSPS) is 20.5.